The minimum absolute atomic E-state index is 0.570. The van der Waals surface area contributed by atoms with E-state index in [1.807, 2.05) is 30.3 Å². The molecule has 0 aliphatic carbocycles. The van der Waals surface area contributed by atoms with E-state index < -0.39 is 0 Å². The zero-order valence-corrected chi connectivity index (χ0v) is 9.74. The van der Waals surface area contributed by atoms with Crippen LogP contribution in [0.5, 0.6) is 0 Å². The van der Waals surface area contributed by atoms with E-state index in [1.54, 1.807) is 0 Å². The normalized spacial score (nSPS) is 10.4. The lowest BCUT2D eigenvalue weighted by atomic mass is 10.00. The molecule has 0 aliphatic heterocycles. The van der Waals surface area contributed by atoms with E-state index >= 15 is 0 Å². The van der Waals surface area contributed by atoms with Gasteiger partial charge in [-0.2, -0.15) is 0 Å². The van der Waals surface area contributed by atoms with Crippen LogP contribution >= 0.6 is 11.6 Å². The van der Waals surface area contributed by atoms with Crippen LogP contribution in [0, 0.1) is 0 Å². The van der Waals surface area contributed by atoms with E-state index in [-0.39, 0.29) is 0 Å². The van der Waals surface area contributed by atoms with Crippen molar-refractivity contribution in [3.8, 4) is 0 Å². The van der Waals surface area contributed by atoms with E-state index in [1.165, 1.54) is 11.1 Å². The van der Waals surface area contributed by atoms with E-state index in [4.69, 9.17) is 17.3 Å². The SMILES string of the molecule is NCc1ccccc1Cc1ccccc1Cl. The Balaban J connectivity index is 2.30. The minimum Gasteiger partial charge on any atom is -0.326 e. The van der Waals surface area contributed by atoms with Crippen LogP contribution < -0.4 is 5.73 Å². The van der Waals surface area contributed by atoms with Gasteiger partial charge in [0.1, 0.15) is 0 Å². The number of rotatable bonds is 3. The Morgan fingerprint density at radius 2 is 1.38 bits per heavy atom. The first-order valence-corrected chi connectivity index (χ1v) is 5.69. The predicted octanol–water partition coefficient (Wildman–Crippen LogP) is 3.39. The summed E-state index contributed by atoms with van der Waals surface area (Å²) in [6.45, 7) is 0.570. The van der Waals surface area contributed by atoms with Crippen LogP contribution in [0.4, 0.5) is 0 Å². The Morgan fingerprint density at radius 1 is 0.812 bits per heavy atom. The smallest absolute Gasteiger partial charge is 0.0441 e. The fourth-order valence-electron chi connectivity index (χ4n) is 1.78. The zero-order chi connectivity index (χ0) is 11.4. The molecular formula is C14H14ClN. The molecule has 2 rings (SSSR count). The summed E-state index contributed by atoms with van der Waals surface area (Å²) >= 11 is 6.14. The first kappa shape index (κ1) is 11.2. The highest BCUT2D eigenvalue weighted by Gasteiger charge is 2.04. The molecule has 0 unspecified atom stereocenters. The number of nitrogens with two attached hydrogens (primary N) is 1. The Hall–Kier alpha value is -1.31. The van der Waals surface area contributed by atoms with E-state index in [2.05, 4.69) is 18.2 Å². The molecule has 0 saturated carbocycles. The van der Waals surface area contributed by atoms with Crippen molar-refractivity contribution >= 4 is 11.6 Å². The second kappa shape index (κ2) is 5.15. The van der Waals surface area contributed by atoms with E-state index in [9.17, 15) is 0 Å². The van der Waals surface area contributed by atoms with Gasteiger partial charge in [-0.25, -0.2) is 0 Å². The molecule has 2 heteroatoms. The van der Waals surface area contributed by atoms with Gasteiger partial charge < -0.3 is 5.73 Å². The van der Waals surface area contributed by atoms with Gasteiger partial charge in [0.15, 0.2) is 0 Å². The fourth-order valence-corrected chi connectivity index (χ4v) is 1.98. The van der Waals surface area contributed by atoms with Crippen LogP contribution in [0.1, 0.15) is 16.7 Å². The van der Waals surface area contributed by atoms with Crippen molar-refractivity contribution in [2.24, 2.45) is 5.73 Å². The van der Waals surface area contributed by atoms with Crippen molar-refractivity contribution in [3.63, 3.8) is 0 Å². The highest BCUT2D eigenvalue weighted by Crippen LogP contribution is 2.20. The molecule has 0 amide bonds. The maximum atomic E-state index is 6.14. The number of benzene rings is 2. The molecule has 0 aromatic heterocycles. The maximum absolute atomic E-state index is 6.14. The third-order valence-electron chi connectivity index (χ3n) is 2.68. The topological polar surface area (TPSA) is 26.0 Å². The summed E-state index contributed by atoms with van der Waals surface area (Å²) in [7, 11) is 0. The zero-order valence-electron chi connectivity index (χ0n) is 8.99. The molecule has 16 heavy (non-hydrogen) atoms. The van der Waals surface area contributed by atoms with Gasteiger partial charge in [0, 0.05) is 11.6 Å². The van der Waals surface area contributed by atoms with Crippen LogP contribution in [-0.2, 0) is 13.0 Å². The third kappa shape index (κ3) is 2.43. The average molecular weight is 232 g/mol. The van der Waals surface area contributed by atoms with Gasteiger partial charge in [0.25, 0.3) is 0 Å². The largest absolute Gasteiger partial charge is 0.326 e. The Morgan fingerprint density at radius 3 is 2.00 bits per heavy atom. The standard InChI is InChI=1S/C14H14ClN/c15-14-8-4-3-6-12(14)9-11-5-1-2-7-13(11)10-16/h1-8H,9-10,16H2. The maximum Gasteiger partial charge on any atom is 0.0441 e. The summed E-state index contributed by atoms with van der Waals surface area (Å²) in [5.41, 5.74) is 9.28. The van der Waals surface area contributed by atoms with Gasteiger partial charge in [-0.3, -0.25) is 0 Å². The summed E-state index contributed by atoms with van der Waals surface area (Å²) in [5, 5.41) is 0.814. The molecule has 2 aromatic carbocycles. The fraction of sp³-hybridized carbons (Fsp3) is 0.143. The van der Waals surface area contributed by atoms with Gasteiger partial charge >= 0.3 is 0 Å². The second-order valence-electron chi connectivity index (χ2n) is 3.74. The highest BCUT2D eigenvalue weighted by atomic mass is 35.5. The molecule has 0 radical (unpaired) electrons. The van der Waals surface area contributed by atoms with Crippen molar-refractivity contribution in [1.29, 1.82) is 0 Å². The van der Waals surface area contributed by atoms with Crippen molar-refractivity contribution in [1.82, 2.24) is 0 Å². The lowest BCUT2D eigenvalue weighted by molar-refractivity contribution is 1.02. The van der Waals surface area contributed by atoms with Crippen LogP contribution in [0.15, 0.2) is 48.5 Å². The molecule has 82 valence electrons. The molecule has 0 spiro atoms. The molecule has 0 aliphatic rings. The van der Waals surface area contributed by atoms with Gasteiger partial charge in [-0.15, -0.1) is 0 Å². The van der Waals surface area contributed by atoms with Gasteiger partial charge in [0.2, 0.25) is 0 Å². The van der Waals surface area contributed by atoms with Crippen molar-refractivity contribution < 1.29 is 0 Å². The van der Waals surface area contributed by atoms with Crippen molar-refractivity contribution in [3.05, 3.63) is 70.2 Å². The van der Waals surface area contributed by atoms with Crippen molar-refractivity contribution in [2.45, 2.75) is 13.0 Å². The Kier molecular flexibility index (Phi) is 3.60. The lowest BCUT2D eigenvalue weighted by Crippen LogP contribution is -2.02. The van der Waals surface area contributed by atoms with Crippen LogP contribution in [0.25, 0.3) is 0 Å². The van der Waals surface area contributed by atoms with E-state index in [0.717, 1.165) is 17.0 Å². The number of hydrogen-bond donors (Lipinski definition) is 1. The van der Waals surface area contributed by atoms with Crippen LogP contribution in [0.3, 0.4) is 0 Å². The predicted molar refractivity (Wildman–Crippen MR) is 68.6 cm³/mol. The quantitative estimate of drug-likeness (QED) is 0.861. The van der Waals surface area contributed by atoms with Gasteiger partial charge in [-0.1, -0.05) is 54.1 Å². The highest BCUT2D eigenvalue weighted by molar-refractivity contribution is 6.31. The van der Waals surface area contributed by atoms with E-state index in [0.29, 0.717) is 6.54 Å². The molecular weight excluding hydrogens is 218 g/mol. The Bertz CT molecular complexity index is 480. The number of hydrogen-bond acceptors (Lipinski definition) is 1. The van der Waals surface area contributed by atoms with Gasteiger partial charge in [0.05, 0.1) is 0 Å². The third-order valence-corrected chi connectivity index (χ3v) is 3.05. The molecule has 0 bridgehead atoms. The molecule has 2 N–H and O–H groups in total. The van der Waals surface area contributed by atoms with Gasteiger partial charge in [-0.05, 0) is 29.2 Å². The summed E-state index contributed by atoms with van der Waals surface area (Å²) in [6, 6.07) is 16.1. The summed E-state index contributed by atoms with van der Waals surface area (Å²) in [6.07, 6.45) is 0.840. The molecule has 1 nitrogen and oxygen atoms in total. The second-order valence-corrected chi connectivity index (χ2v) is 4.15. The first-order chi connectivity index (χ1) is 7.81. The summed E-state index contributed by atoms with van der Waals surface area (Å²) < 4.78 is 0. The monoisotopic (exact) mass is 231 g/mol. The molecule has 2 aromatic rings. The van der Waals surface area contributed by atoms with Crippen molar-refractivity contribution in [2.75, 3.05) is 0 Å². The molecule has 0 fully saturated rings. The first-order valence-electron chi connectivity index (χ1n) is 5.31. The lowest BCUT2D eigenvalue weighted by Gasteiger charge is -2.08. The van der Waals surface area contributed by atoms with Crippen LogP contribution in [-0.4, -0.2) is 0 Å². The molecule has 0 atom stereocenters. The molecule has 0 heterocycles. The number of halogens is 1. The minimum atomic E-state index is 0.570. The summed E-state index contributed by atoms with van der Waals surface area (Å²) in [4.78, 5) is 0. The van der Waals surface area contributed by atoms with Crippen LogP contribution in [0.2, 0.25) is 5.02 Å². The summed E-state index contributed by atoms with van der Waals surface area (Å²) in [5.74, 6) is 0. The molecule has 0 saturated heterocycles. The average Bonchev–Trinajstić information content (AvgIpc) is 2.33. The Labute approximate surface area is 101 Å².